The number of likely N-dealkylation sites (N-methyl/N-ethyl adjacent to an activating group) is 1. The predicted octanol–water partition coefficient (Wildman–Crippen LogP) is 2.37. The van der Waals surface area contributed by atoms with Gasteiger partial charge in [-0.25, -0.2) is 9.18 Å². The molecule has 2 aromatic rings. The molecule has 1 fully saturated rings. The minimum atomic E-state index is -0.630. The fourth-order valence-corrected chi connectivity index (χ4v) is 5.24. The van der Waals surface area contributed by atoms with E-state index in [2.05, 4.69) is 5.32 Å². The number of halogens is 1. The lowest BCUT2D eigenvalue weighted by Crippen LogP contribution is -2.49. The molecule has 37 heavy (non-hydrogen) atoms. The van der Waals surface area contributed by atoms with E-state index in [0.717, 1.165) is 0 Å². The largest absolute Gasteiger partial charge is 0.496 e. The molecule has 1 N–H and O–H groups in total. The number of carbonyl (C=O) groups excluding carboxylic acids is 3. The van der Waals surface area contributed by atoms with Crippen LogP contribution in [0.5, 0.6) is 5.75 Å². The summed E-state index contributed by atoms with van der Waals surface area (Å²) in [6, 6.07) is 13.0. The third-order valence-corrected chi connectivity index (χ3v) is 7.31. The number of hydrogen-bond acceptors (Lipinski definition) is 5. The third-order valence-electron chi connectivity index (χ3n) is 7.31. The molecule has 1 saturated heterocycles. The molecule has 9 nitrogen and oxygen atoms in total. The zero-order chi connectivity index (χ0) is 26.1. The van der Waals surface area contributed by atoms with Crippen LogP contribution in [0.15, 0.2) is 59.8 Å². The van der Waals surface area contributed by atoms with Crippen molar-refractivity contribution in [2.24, 2.45) is 0 Å². The van der Waals surface area contributed by atoms with Crippen LogP contribution in [-0.2, 0) is 9.59 Å². The van der Waals surface area contributed by atoms with Gasteiger partial charge in [0.05, 0.1) is 36.7 Å². The maximum Gasteiger partial charge on any atom is 0.322 e. The first-order valence-corrected chi connectivity index (χ1v) is 12.4. The van der Waals surface area contributed by atoms with Gasteiger partial charge in [0.15, 0.2) is 0 Å². The molecule has 0 saturated carbocycles. The highest BCUT2D eigenvalue weighted by Gasteiger charge is 2.43. The van der Waals surface area contributed by atoms with E-state index >= 15 is 0 Å². The normalized spacial score (nSPS) is 19.8. The van der Waals surface area contributed by atoms with E-state index in [4.69, 9.17) is 4.74 Å². The monoisotopic (exact) mass is 507 g/mol. The quantitative estimate of drug-likeness (QED) is 0.649. The Morgan fingerprint density at radius 2 is 1.76 bits per heavy atom. The van der Waals surface area contributed by atoms with Crippen molar-refractivity contribution in [1.29, 1.82) is 0 Å². The summed E-state index contributed by atoms with van der Waals surface area (Å²) in [5, 5.41) is 2.91. The number of carbonyl (C=O) groups is 3. The summed E-state index contributed by atoms with van der Waals surface area (Å²) < 4.78 is 19.6. The lowest BCUT2D eigenvalue weighted by Gasteiger charge is -2.36. The molecule has 3 aliphatic heterocycles. The number of nitrogens with zero attached hydrogens (tertiary/aromatic N) is 4. The molecule has 10 heteroatoms. The number of para-hydroxylation sites is 2. The average molecular weight is 508 g/mol. The van der Waals surface area contributed by atoms with Crippen molar-refractivity contribution in [3.8, 4) is 5.75 Å². The van der Waals surface area contributed by atoms with Gasteiger partial charge < -0.3 is 24.8 Å². The van der Waals surface area contributed by atoms with Crippen LogP contribution in [-0.4, -0.2) is 86.0 Å². The van der Waals surface area contributed by atoms with Gasteiger partial charge in [0.1, 0.15) is 11.6 Å². The molecule has 5 rings (SSSR count). The van der Waals surface area contributed by atoms with E-state index < -0.39 is 6.04 Å². The van der Waals surface area contributed by atoms with E-state index in [-0.39, 0.29) is 43.2 Å². The Labute approximate surface area is 215 Å². The number of nitrogens with one attached hydrogen (secondary N) is 1. The minimum Gasteiger partial charge on any atom is -0.496 e. The number of methoxy groups -OCH3 is 1. The average Bonchev–Trinajstić information content (AvgIpc) is 3.26. The van der Waals surface area contributed by atoms with E-state index in [9.17, 15) is 18.8 Å². The number of benzene rings is 2. The molecule has 3 heterocycles. The Hall–Kier alpha value is -4.08. The molecule has 0 aliphatic carbocycles. The zero-order valence-corrected chi connectivity index (χ0v) is 20.9. The van der Waals surface area contributed by atoms with E-state index in [1.165, 1.54) is 11.0 Å². The van der Waals surface area contributed by atoms with Crippen molar-refractivity contribution >= 4 is 23.5 Å². The van der Waals surface area contributed by atoms with Crippen LogP contribution >= 0.6 is 0 Å². The van der Waals surface area contributed by atoms with Crippen LogP contribution in [0.1, 0.15) is 18.0 Å². The molecule has 1 atom stereocenters. The number of urea groups is 1. The second-order valence-corrected chi connectivity index (χ2v) is 9.34. The zero-order valence-electron chi connectivity index (χ0n) is 20.9. The van der Waals surface area contributed by atoms with Crippen molar-refractivity contribution in [3.05, 3.63) is 71.2 Å². The maximum absolute atomic E-state index is 14.1. The van der Waals surface area contributed by atoms with Crippen molar-refractivity contribution in [1.82, 2.24) is 20.0 Å². The highest BCUT2D eigenvalue weighted by Crippen LogP contribution is 2.38. The summed E-state index contributed by atoms with van der Waals surface area (Å²) in [7, 11) is 3.19. The molecule has 3 aliphatic rings. The fourth-order valence-electron chi connectivity index (χ4n) is 5.24. The first-order chi connectivity index (χ1) is 17.9. The predicted molar refractivity (Wildman–Crippen MR) is 135 cm³/mol. The highest BCUT2D eigenvalue weighted by atomic mass is 19.1. The van der Waals surface area contributed by atoms with Crippen LogP contribution in [0.25, 0.3) is 0 Å². The van der Waals surface area contributed by atoms with Gasteiger partial charge in [0.25, 0.3) is 5.91 Å². The van der Waals surface area contributed by atoms with Crippen molar-refractivity contribution in [2.45, 2.75) is 12.5 Å². The Balaban J connectivity index is 1.23. The van der Waals surface area contributed by atoms with Crippen LogP contribution < -0.4 is 15.0 Å². The number of piperazine rings is 1. The molecule has 1 unspecified atom stereocenters. The van der Waals surface area contributed by atoms with Crippen molar-refractivity contribution < 1.29 is 23.5 Å². The summed E-state index contributed by atoms with van der Waals surface area (Å²) in [6.07, 6.45) is 0.177. The second-order valence-electron chi connectivity index (χ2n) is 9.34. The van der Waals surface area contributed by atoms with Crippen molar-refractivity contribution in [2.75, 3.05) is 58.3 Å². The lowest BCUT2D eigenvalue weighted by atomic mass is 9.95. The van der Waals surface area contributed by atoms with Gasteiger partial charge >= 0.3 is 6.03 Å². The molecule has 194 valence electrons. The summed E-state index contributed by atoms with van der Waals surface area (Å²) >= 11 is 0. The van der Waals surface area contributed by atoms with E-state index in [1.54, 1.807) is 48.2 Å². The SMILES string of the molecule is COc1ccccc1C1NC(=O)N(C)C2=C1C(=O)N(CCC(=O)N1CCN(c3ccccc3F)CC1)C2. The molecular formula is C27H30FN5O4. The molecule has 2 aromatic carbocycles. The summed E-state index contributed by atoms with van der Waals surface area (Å²) in [5.74, 6) is 0.0698. The Kier molecular flexibility index (Phi) is 6.73. The van der Waals surface area contributed by atoms with Gasteiger partial charge in [-0.1, -0.05) is 30.3 Å². The lowest BCUT2D eigenvalue weighted by molar-refractivity contribution is -0.132. The Morgan fingerprint density at radius 3 is 2.49 bits per heavy atom. The number of ether oxygens (including phenoxy) is 1. The Morgan fingerprint density at radius 1 is 1.05 bits per heavy atom. The number of rotatable bonds is 6. The molecular weight excluding hydrogens is 477 g/mol. The number of hydrogen-bond donors (Lipinski definition) is 1. The fraction of sp³-hybridized carbons (Fsp3) is 0.370. The van der Waals surface area contributed by atoms with Gasteiger partial charge in [0.2, 0.25) is 5.91 Å². The van der Waals surface area contributed by atoms with Crippen LogP contribution in [0, 0.1) is 5.82 Å². The van der Waals surface area contributed by atoms with Crippen LogP contribution in [0.2, 0.25) is 0 Å². The highest BCUT2D eigenvalue weighted by molar-refractivity contribution is 6.01. The first-order valence-electron chi connectivity index (χ1n) is 12.4. The van der Waals surface area contributed by atoms with Gasteiger partial charge in [-0.2, -0.15) is 0 Å². The number of anilines is 1. The summed E-state index contributed by atoms with van der Waals surface area (Å²) in [4.78, 5) is 45.9. The van der Waals surface area contributed by atoms with E-state index in [1.807, 2.05) is 23.1 Å². The second kappa shape index (κ2) is 10.1. The molecule has 0 radical (unpaired) electrons. The summed E-state index contributed by atoms with van der Waals surface area (Å²) in [6.45, 7) is 2.59. The van der Waals surface area contributed by atoms with Gasteiger partial charge in [-0.15, -0.1) is 0 Å². The molecule has 0 bridgehead atoms. The van der Waals surface area contributed by atoms with E-state index in [0.29, 0.717) is 54.4 Å². The smallest absolute Gasteiger partial charge is 0.322 e. The summed E-state index contributed by atoms with van der Waals surface area (Å²) in [5.41, 5.74) is 2.39. The van der Waals surface area contributed by atoms with Crippen molar-refractivity contribution in [3.63, 3.8) is 0 Å². The molecule has 0 aromatic heterocycles. The maximum atomic E-state index is 14.1. The van der Waals surface area contributed by atoms with Gasteiger partial charge in [-0.3, -0.25) is 14.5 Å². The first kappa shape index (κ1) is 24.6. The standard InChI is InChI=1S/C27H30FN5O4/c1-30-21-17-33(26(35)24(21)25(29-27(30)36)18-7-3-6-10-22(18)37-2)12-11-23(34)32-15-13-31(14-16-32)20-9-5-4-8-19(20)28/h3-10,25H,11-17H2,1-2H3,(H,29,36). The Bertz CT molecular complexity index is 1260. The molecule has 4 amide bonds. The topological polar surface area (TPSA) is 85.4 Å². The minimum absolute atomic E-state index is 0.0466. The van der Waals surface area contributed by atoms with Gasteiger partial charge in [0, 0.05) is 51.8 Å². The number of amides is 4. The van der Waals surface area contributed by atoms with Gasteiger partial charge in [-0.05, 0) is 18.2 Å². The van der Waals surface area contributed by atoms with Crippen LogP contribution in [0.3, 0.4) is 0 Å². The van der Waals surface area contributed by atoms with Crippen LogP contribution in [0.4, 0.5) is 14.9 Å². The third kappa shape index (κ3) is 4.59. The molecule has 0 spiro atoms.